The van der Waals surface area contributed by atoms with Gasteiger partial charge in [-0.05, 0) is 49.1 Å². The average molecular weight is 459 g/mol. The molecule has 7 nitrogen and oxygen atoms in total. The fraction of sp³-hybridized carbons (Fsp3) is 0.542. The third-order valence-electron chi connectivity index (χ3n) is 6.36. The number of rotatable bonds is 8. The van der Waals surface area contributed by atoms with Crippen LogP contribution < -0.4 is 4.74 Å². The number of pyridine rings is 1. The normalized spacial score (nSPS) is 19.8. The van der Waals surface area contributed by atoms with Crippen LogP contribution in [0.3, 0.4) is 0 Å². The van der Waals surface area contributed by atoms with Crippen molar-refractivity contribution in [1.29, 1.82) is 0 Å². The number of hydrogen-bond acceptors (Lipinski definition) is 6. The van der Waals surface area contributed by atoms with Crippen molar-refractivity contribution in [3.8, 4) is 5.75 Å². The van der Waals surface area contributed by atoms with E-state index in [2.05, 4.69) is 39.0 Å². The third kappa shape index (κ3) is 6.28. The van der Waals surface area contributed by atoms with Gasteiger partial charge in [0.05, 0.1) is 5.75 Å². The van der Waals surface area contributed by atoms with E-state index in [0.29, 0.717) is 13.1 Å². The number of nitrogens with zero attached hydrogens (tertiary/aromatic N) is 4. The summed E-state index contributed by atoms with van der Waals surface area (Å²) in [4.78, 5) is 9.19. The zero-order chi connectivity index (χ0) is 22.4. The van der Waals surface area contributed by atoms with E-state index in [1.807, 2.05) is 24.5 Å². The van der Waals surface area contributed by atoms with Crippen LogP contribution in [0.2, 0.25) is 0 Å². The number of hydrogen-bond donors (Lipinski definition) is 0. The number of piperazine rings is 1. The Morgan fingerprint density at radius 3 is 2.22 bits per heavy atom. The smallest absolute Gasteiger partial charge is 0.213 e. The predicted octanol–water partition coefficient (Wildman–Crippen LogP) is 2.59. The maximum Gasteiger partial charge on any atom is 0.213 e. The van der Waals surface area contributed by atoms with E-state index in [1.165, 1.54) is 11.1 Å². The van der Waals surface area contributed by atoms with E-state index in [9.17, 15) is 8.42 Å². The van der Waals surface area contributed by atoms with Crippen molar-refractivity contribution < 1.29 is 13.2 Å². The third-order valence-corrected chi connectivity index (χ3v) is 8.24. The van der Waals surface area contributed by atoms with Gasteiger partial charge < -0.3 is 4.74 Å². The SMILES string of the molecule is CCS(=O)(=O)N1CCC(Oc2cccc(CN3CCN(Cc4cccnc4)CC3)c2)CC1. The van der Waals surface area contributed by atoms with Crippen molar-refractivity contribution in [2.24, 2.45) is 0 Å². The number of piperidine rings is 1. The molecule has 4 rings (SSSR count). The second-order valence-electron chi connectivity index (χ2n) is 8.68. The zero-order valence-electron chi connectivity index (χ0n) is 18.9. The van der Waals surface area contributed by atoms with E-state index in [1.54, 1.807) is 11.2 Å². The van der Waals surface area contributed by atoms with Gasteiger partial charge in [0.2, 0.25) is 10.0 Å². The Morgan fingerprint density at radius 1 is 0.938 bits per heavy atom. The summed E-state index contributed by atoms with van der Waals surface area (Å²) < 4.78 is 31.9. The summed E-state index contributed by atoms with van der Waals surface area (Å²) in [5.41, 5.74) is 2.53. The predicted molar refractivity (Wildman–Crippen MR) is 126 cm³/mol. The first kappa shape index (κ1) is 23.2. The quantitative estimate of drug-likeness (QED) is 0.606. The summed E-state index contributed by atoms with van der Waals surface area (Å²) >= 11 is 0. The minimum Gasteiger partial charge on any atom is -0.490 e. The Balaban J connectivity index is 1.23. The highest BCUT2D eigenvalue weighted by molar-refractivity contribution is 7.89. The van der Waals surface area contributed by atoms with Gasteiger partial charge in [0.1, 0.15) is 11.9 Å². The molecule has 0 atom stereocenters. The van der Waals surface area contributed by atoms with Crippen LogP contribution in [-0.4, -0.2) is 78.6 Å². The highest BCUT2D eigenvalue weighted by Gasteiger charge is 2.27. The molecule has 32 heavy (non-hydrogen) atoms. The molecule has 0 N–H and O–H groups in total. The maximum atomic E-state index is 12.0. The molecule has 2 aromatic rings. The van der Waals surface area contributed by atoms with Crippen molar-refractivity contribution in [2.45, 2.75) is 39.0 Å². The molecule has 0 bridgehead atoms. The molecule has 1 aromatic carbocycles. The second-order valence-corrected chi connectivity index (χ2v) is 10.9. The summed E-state index contributed by atoms with van der Waals surface area (Å²) in [6.45, 7) is 8.90. The zero-order valence-corrected chi connectivity index (χ0v) is 19.7. The van der Waals surface area contributed by atoms with Gasteiger partial charge in [0, 0.05) is 64.8 Å². The van der Waals surface area contributed by atoms with Crippen LogP contribution in [-0.2, 0) is 23.1 Å². The summed E-state index contributed by atoms with van der Waals surface area (Å²) in [5.74, 6) is 1.05. The molecule has 0 spiro atoms. The number of aromatic nitrogens is 1. The lowest BCUT2D eigenvalue weighted by Gasteiger charge is -2.34. The average Bonchev–Trinajstić information content (AvgIpc) is 2.82. The standard InChI is InChI=1S/C24H34N4O3S/c1-2-32(29,30)28-11-8-23(9-12-28)31-24-7-3-5-21(17-24)19-26-13-15-27(16-14-26)20-22-6-4-10-25-18-22/h3-7,10,17-18,23H,2,8-9,11-16,19-20H2,1H3. The molecule has 174 valence electrons. The molecular formula is C24H34N4O3S. The van der Waals surface area contributed by atoms with Gasteiger partial charge in [0.25, 0.3) is 0 Å². The molecule has 0 aliphatic carbocycles. The van der Waals surface area contributed by atoms with E-state index < -0.39 is 10.0 Å². The largest absolute Gasteiger partial charge is 0.490 e. The molecule has 0 unspecified atom stereocenters. The summed E-state index contributed by atoms with van der Waals surface area (Å²) in [6, 6.07) is 12.5. The first-order valence-electron chi connectivity index (χ1n) is 11.6. The Bertz CT molecular complexity index is 954. The van der Waals surface area contributed by atoms with Crippen molar-refractivity contribution in [3.05, 3.63) is 59.9 Å². The van der Waals surface area contributed by atoms with Crippen LogP contribution in [0.1, 0.15) is 30.9 Å². The molecule has 0 saturated carbocycles. The van der Waals surface area contributed by atoms with Gasteiger partial charge >= 0.3 is 0 Å². The van der Waals surface area contributed by atoms with Gasteiger partial charge in [-0.25, -0.2) is 12.7 Å². The summed E-state index contributed by atoms with van der Waals surface area (Å²) in [7, 11) is -3.10. The Morgan fingerprint density at radius 2 is 1.59 bits per heavy atom. The first-order valence-corrected chi connectivity index (χ1v) is 13.2. The molecule has 0 radical (unpaired) electrons. The number of sulfonamides is 1. The van der Waals surface area contributed by atoms with E-state index >= 15 is 0 Å². The lowest BCUT2D eigenvalue weighted by atomic mass is 10.1. The molecule has 2 fully saturated rings. The molecule has 0 amide bonds. The first-order chi connectivity index (χ1) is 15.5. The van der Waals surface area contributed by atoms with Crippen molar-refractivity contribution in [3.63, 3.8) is 0 Å². The topological polar surface area (TPSA) is 66.0 Å². The van der Waals surface area contributed by atoms with Crippen LogP contribution in [0, 0.1) is 0 Å². The van der Waals surface area contributed by atoms with Crippen LogP contribution in [0.25, 0.3) is 0 Å². The lowest BCUT2D eigenvalue weighted by Crippen LogP contribution is -2.45. The van der Waals surface area contributed by atoms with Gasteiger partial charge in [-0.15, -0.1) is 0 Å². The van der Waals surface area contributed by atoms with Crippen LogP contribution in [0.15, 0.2) is 48.8 Å². The minimum absolute atomic E-state index is 0.0737. The summed E-state index contributed by atoms with van der Waals surface area (Å²) in [6.07, 6.45) is 5.32. The van der Waals surface area contributed by atoms with E-state index in [4.69, 9.17) is 4.74 Å². The minimum atomic E-state index is -3.10. The van der Waals surface area contributed by atoms with E-state index in [-0.39, 0.29) is 11.9 Å². The maximum absolute atomic E-state index is 12.0. The lowest BCUT2D eigenvalue weighted by molar-refractivity contribution is 0.121. The second kappa shape index (κ2) is 10.7. The van der Waals surface area contributed by atoms with Crippen LogP contribution >= 0.6 is 0 Å². The molecule has 2 saturated heterocycles. The van der Waals surface area contributed by atoms with Crippen LogP contribution in [0.5, 0.6) is 5.75 Å². The van der Waals surface area contributed by atoms with Gasteiger partial charge in [-0.2, -0.15) is 0 Å². The Kier molecular flexibility index (Phi) is 7.78. The number of ether oxygens (including phenoxy) is 1. The van der Waals surface area contributed by atoms with Crippen molar-refractivity contribution in [2.75, 3.05) is 45.0 Å². The monoisotopic (exact) mass is 458 g/mol. The fourth-order valence-corrected chi connectivity index (χ4v) is 5.57. The van der Waals surface area contributed by atoms with Gasteiger partial charge in [-0.3, -0.25) is 14.8 Å². The Labute approximate surface area is 192 Å². The molecule has 2 aliphatic rings. The number of benzene rings is 1. The molecule has 2 aliphatic heterocycles. The molecular weight excluding hydrogens is 424 g/mol. The highest BCUT2D eigenvalue weighted by atomic mass is 32.2. The summed E-state index contributed by atoms with van der Waals surface area (Å²) in [5, 5.41) is 0. The van der Waals surface area contributed by atoms with Gasteiger partial charge in [0.15, 0.2) is 0 Å². The van der Waals surface area contributed by atoms with Crippen LogP contribution in [0.4, 0.5) is 0 Å². The fourth-order valence-electron chi connectivity index (χ4n) is 4.43. The van der Waals surface area contributed by atoms with Gasteiger partial charge in [-0.1, -0.05) is 18.2 Å². The highest BCUT2D eigenvalue weighted by Crippen LogP contribution is 2.22. The van der Waals surface area contributed by atoms with E-state index in [0.717, 1.165) is 57.9 Å². The molecule has 3 heterocycles. The van der Waals surface area contributed by atoms with Crippen molar-refractivity contribution in [1.82, 2.24) is 19.1 Å². The Hall–Kier alpha value is -2.00. The molecule has 8 heteroatoms. The van der Waals surface area contributed by atoms with Crippen molar-refractivity contribution >= 4 is 10.0 Å². The molecule has 1 aromatic heterocycles.